The molecule has 1 aromatic rings. The van der Waals surface area contributed by atoms with Crippen LogP contribution in [0.5, 0.6) is 0 Å². The van der Waals surface area contributed by atoms with Crippen molar-refractivity contribution in [3.8, 4) is 0 Å². The van der Waals surface area contributed by atoms with E-state index in [1.54, 1.807) is 0 Å². The van der Waals surface area contributed by atoms with Crippen molar-refractivity contribution in [1.29, 1.82) is 0 Å². The van der Waals surface area contributed by atoms with Gasteiger partial charge < -0.3 is 10.4 Å². The summed E-state index contributed by atoms with van der Waals surface area (Å²) in [5.41, 5.74) is 1.31. The van der Waals surface area contributed by atoms with Crippen LogP contribution in [-0.2, 0) is 0 Å². The van der Waals surface area contributed by atoms with E-state index in [0.717, 1.165) is 37.8 Å². The first-order valence-electron chi connectivity index (χ1n) is 6.17. The monoisotopic (exact) mass is 237 g/mol. The summed E-state index contributed by atoms with van der Waals surface area (Å²) in [4.78, 5) is 12.0. The molecule has 1 heterocycles. The number of aliphatic hydroxyl groups is 1. The Morgan fingerprint density at radius 2 is 2.24 bits per heavy atom. The number of hydrogen-bond donors (Lipinski definition) is 3. The third-order valence-electron chi connectivity index (χ3n) is 3.37. The average molecular weight is 237 g/mol. The van der Waals surface area contributed by atoms with Gasteiger partial charge in [-0.25, -0.2) is 0 Å². The Balaban J connectivity index is 2.00. The second kappa shape index (κ2) is 5.31. The van der Waals surface area contributed by atoms with E-state index in [2.05, 4.69) is 15.5 Å². The lowest BCUT2D eigenvalue weighted by molar-refractivity contribution is 0.0818. The number of aromatic nitrogens is 2. The van der Waals surface area contributed by atoms with Crippen LogP contribution in [0.1, 0.15) is 48.2 Å². The molecule has 2 atom stereocenters. The Morgan fingerprint density at radius 3 is 2.94 bits per heavy atom. The number of aromatic amines is 1. The van der Waals surface area contributed by atoms with Crippen molar-refractivity contribution in [2.45, 2.75) is 51.2 Å². The number of H-pyrrole nitrogens is 1. The maximum atomic E-state index is 12.0. The molecule has 0 aromatic carbocycles. The smallest absolute Gasteiger partial charge is 0.255 e. The molecular formula is C12H19N3O2. The quantitative estimate of drug-likeness (QED) is 0.675. The van der Waals surface area contributed by atoms with Crippen LogP contribution in [0.2, 0.25) is 0 Å². The van der Waals surface area contributed by atoms with Gasteiger partial charge in [-0.15, -0.1) is 0 Å². The third-order valence-corrected chi connectivity index (χ3v) is 3.37. The maximum absolute atomic E-state index is 12.0. The third kappa shape index (κ3) is 2.85. The lowest BCUT2D eigenvalue weighted by atomic mass is 10.1. The summed E-state index contributed by atoms with van der Waals surface area (Å²) in [6, 6.07) is -0.126. The van der Waals surface area contributed by atoms with Crippen molar-refractivity contribution < 1.29 is 9.90 Å². The van der Waals surface area contributed by atoms with Crippen LogP contribution in [-0.4, -0.2) is 33.4 Å². The first-order chi connectivity index (χ1) is 8.18. The zero-order chi connectivity index (χ0) is 12.3. The zero-order valence-corrected chi connectivity index (χ0v) is 10.1. The molecular weight excluding hydrogens is 218 g/mol. The van der Waals surface area contributed by atoms with E-state index < -0.39 is 6.10 Å². The largest absolute Gasteiger partial charge is 0.391 e. The fourth-order valence-electron chi connectivity index (χ4n) is 2.28. The van der Waals surface area contributed by atoms with E-state index >= 15 is 0 Å². The van der Waals surface area contributed by atoms with Crippen LogP contribution < -0.4 is 5.32 Å². The SMILES string of the molecule is Cc1[nH]ncc1C(=O)NC1CCCCCC1O. The van der Waals surface area contributed by atoms with Crippen molar-refractivity contribution in [3.63, 3.8) is 0 Å². The predicted molar refractivity (Wildman–Crippen MR) is 63.7 cm³/mol. The van der Waals surface area contributed by atoms with Gasteiger partial charge in [-0.1, -0.05) is 19.3 Å². The lowest BCUT2D eigenvalue weighted by Crippen LogP contribution is -2.42. The number of nitrogens with zero attached hydrogens (tertiary/aromatic N) is 1. The number of rotatable bonds is 2. The summed E-state index contributed by atoms with van der Waals surface area (Å²) in [6.45, 7) is 1.81. The molecule has 3 N–H and O–H groups in total. The van der Waals surface area contributed by atoms with Crippen LogP contribution in [0.4, 0.5) is 0 Å². The van der Waals surface area contributed by atoms with Crippen LogP contribution in [0.3, 0.4) is 0 Å². The highest BCUT2D eigenvalue weighted by atomic mass is 16.3. The molecule has 1 saturated carbocycles. The fourth-order valence-corrected chi connectivity index (χ4v) is 2.28. The Bertz CT molecular complexity index is 389. The second-order valence-electron chi connectivity index (χ2n) is 4.69. The van der Waals surface area contributed by atoms with Crippen LogP contribution >= 0.6 is 0 Å². The number of aliphatic hydroxyl groups excluding tert-OH is 1. The number of nitrogens with one attached hydrogen (secondary N) is 2. The molecule has 17 heavy (non-hydrogen) atoms. The number of aryl methyl sites for hydroxylation is 1. The number of carbonyl (C=O) groups is 1. The minimum absolute atomic E-state index is 0.126. The van der Waals surface area contributed by atoms with E-state index in [9.17, 15) is 9.90 Å². The van der Waals surface area contributed by atoms with E-state index in [-0.39, 0.29) is 11.9 Å². The van der Waals surface area contributed by atoms with E-state index in [1.807, 2.05) is 6.92 Å². The normalized spacial score (nSPS) is 25.3. The van der Waals surface area contributed by atoms with Gasteiger partial charge >= 0.3 is 0 Å². The van der Waals surface area contributed by atoms with Gasteiger partial charge in [0.1, 0.15) is 0 Å². The molecule has 0 bridgehead atoms. The summed E-state index contributed by atoms with van der Waals surface area (Å²) in [7, 11) is 0. The Labute approximate surface area is 101 Å². The highest BCUT2D eigenvalue weighted by molar-refractivity contribution is 5.95. The predicted octanol–water partition coefficient (Wildman–Crippen LogP) is 1.14. The molecule has 1 fully saturated rings. The lowest BCUT2D eigenvalue weighted by Gasteiger charge is -2.21. The fraction of sp³-hybridized carbons (Fsp3) is 0.667. The molecule has 5 nitrogen and oxygen atoms in total. The molecule has 0 spiro atoms. The molecule has 0 radical (unpaired) electrons. The minimum atomic E-state index is -0.423. The molecule has 94 valence electrons. The van der Waals surface area contributed by atoms with Gasteiger partial charge in [0.25, 0.3) is 5.91 Å². The van der Waals surface area contributed by atoms with Gasteiger partial charge in [0, 0.05) is 5.69 Å². The molecule has 0 aliphatic heterocycles. The van der Waals surface area contributed by atoms with Gasteiger partial charge in [-0.3, -0.25) is 9.89 Å². The van der Waals surface area contributed by atoms with Crippen LogP contribution in [0.25, 0.3) is 0 Å². The van der Waals surface area contributed by atoms with E-state index in [1.165, 1.54) is 6.20 Å². The summed E-state index contributed by atoms with van der Waals surface area (Å²) < 4.78 is 0. The van der Waals surface area contributed by atoms with Crippen LogP contribution in [0, 0.1) is 6.92 Å². The van der Waals surface area contributed by atoms with Crippen molar-refractivity contribution in [2.75, 3.05) is 0 Å². The molecule has 5 heteroatoms. The molecule has 1 aliphatic carbocycles. The molecule has 0 saturated heterocycles. The summed E-state index contributed by atoms with van der Waals surface area (Å²) in [6.07, 6.45) is 5.96. The summed E-state index contributed by atoms with van der Waals surface area (Å²) >= 11 is 0. The summed E-state index contributed by atoms with van der Waals surface area (Å²) in [5.74, 6) is -0.151. The molecule has 1 amide bonds. The standard InChI is InChI=1S/C12H19N3O2/c1-8-9(7-13-15-8)12(17)14-10-5-3-2-4-6-11(10)16/h7,10-11,16H,2-6H2,1H3,(H,13,15)(H,14,17). The topological polar surface area (TPSA) is 78.0 Å². The van der Waals surface area contributed by atoms with Crippen molar-refractivity contribution in [1.82, 2.24) is 15.5 Å². The average Bonchev–Trinajstić information content (AvgIpc) is 2.63. The first-order valence-corrected chi connectivity index (χ1v) is 6.17. The zero-order valence-electron chi connectivity index (χ0n) is 10.1. The van der Waals surface area contributed by atoms with Gasteiger partial charge in [-0.05, 0) is 19.8 Å². The number of hydrogen-bond acceptors (Lipinski definition) is 3. The summed E-state index contributed by atoms with van der Waals surface area (Å²) in [5, 5.41) is 19.4. The number of amides is 1. The van der Waals surface area contributed by atoms with Crippen molar-refractivity contribution >= 4 is 5.91 Å². The molecule has 1 aromatic heterocycles. The van der Waals surface area contributed by atoms with Crippen LogP contribution in [0.15, 0.2) is 6.20 Å². The van der Waals surface area contributed by atoms with Crippen molar-refractivity contribution in [3.05, 3.63) is 17.5 Å². The Hall–Kier alpha value is -1.36. The molecule has 1 aliphatic rings. The highest BCUT2D eigenvalue weighted by Crippen LogP contribution is 2.18. The van der Waals surface area contributed by atoms with E-state index in [0.29, 0.717) is 5.56 Å². The van der Waals surface area contributed by atoms with Gasteiger partial charge in [0.05, 0.1) is 23.9 Å². The number of carbonyl (C=O) groups excluding carboxylic acids is 1. The van der Waals surface area contributed by atoms with Gasteiger partial charge in [0.15, 0.2) is 0 Å². The minimum Gasteiger partial charge on any atom is -0.391 e. The van der Waals surface area contributed by atoms with Gasteiger partial charge in [0.2, 0.25) is 0 Å². The Morgan fingerprint density at radius 1 is 1.47 bits per heavy atom. The second-order valence-corrected chi connectivity index (χ2v) is 4.69. The Kier molecular flexibility index (Phi) is 3.78. The molecule has 2 rings (SSSR count). The first kappa shape index (κ1) is 12.1. The van der Waals surface area contributed by atoms with Gasteiger partial charge in [-0.2, -0.15) is 5.10 Å². The maximum Gasteiger partial charge on any atom is 0.255 e. The van der Waals surface area contributed by atoms with E-state index in [4.69, 9.17) is 0 Å². The molecule has 2 unspecified atom stereocenters. The highest BCUT2D eigenvalue weighted by Gasteiger charge is 2.24. The van der Waals surface area contributed by atoms with Crippen molar-refractivity contribution in [2.24, 2.45) is 0 Å².